The summed E-state index contributed by atoms with van der Waals surface area (Å²) in [4.78, 5) is 14.1. The van der Waals surface area contributed by atoms with Gasteiger partial charge < -0.3 is 10.2 Å². The number of aromatic nitrogens is 3. The van der Waals surface area contributed by atoms with E-state index in [1.165, 1.54) is 0 Å². The van der Waals surface area contributed by atoms with Gasteiger partial charge in [0.2, 0.25) is 17.2 Å². The van der Waals surface area contributed by atoms with E-state index in [2.05, 4.69) is 20.3 Å². The third-order valence-electron chi connectivity index (χ3n) is 2.77. The van der Waals surface area contributed by atoms with Crippen molar-refractivity contribution in [2.45, 2.75) is 13.3 Å². The van der Waals surface area contributed by atoms with E-state index in [4.69, 9.17) is 11.6 Å². The smallest absolute Gasteiger partial charge is 0.231 e. The van der Waals surface area contributed by atoms with Crippen molar-refractivity contribution in [1.82, 2.24) is 15.0 Å². The standard InChI is InChI=1S/C10H16ClN5O2S/c1-2-12-9-13-8(11)14-10(15-9)16-4-3-6-19(17,18)7-5-16/h2-7H2,1H3,(H,12,13,14,15). The van der Waals surface area contributed by atoms with Gasteiger partial charge in [0.15, 0.2) is 9.84 Å². The molecule has 1 aromatic heterocycles. The Morgan fingerprint density at radius 1 is 1.26 bits per heavy atom. The minimum Gasteiger partial charge on any atom is -0.354 e. The summed E-state index contributed by atoms with van der Waals surface area (Å²) < 4.78 is 23.1. The van der Waals surface area contributed by atoms with Crippen molar-refractivity contribution in [3.8, 4) is 0 Å². The fourth-order valence-corrected chi connectivity index (χ4v) is 3.28. The first-order valence-corrected chi connectivity index (χ1v) is 8.31. The summed E-state index contributed by atoms with van der Waals surface area (Å²) in [5.74, 6) is 1.16. The molecule has 0 bridgehead atoms. The van der Waals surface area contributed by atoms with E-state index >= 15 is 0 Å². The van der Waals surface area contributed by atoms with Gasteiger partial charge in [-0.15, -0.1) is 0 Å². The highest BCUT2D eigenvalue weighted by atomic mass is 35.5. The second-order valence-corrected chi connectivity index (χ2v) is 6.89. The third-order valence-corrected chi connectivity index (χ3v) is 4.65. The molecule has 0 radical (unpaired) electrons. The van der Waals surface area contributed by atoms with E-state index in [9.17, 15) is 8.42 Å². The van der Waals surface area contributed by atoms with Crippen LogP contribution in [0.5, 0.6) is 0 Å². The molecule has 2 rings (SSSR count). The number of hydrogen-bond acceptors (Lipinski definition) is 7. The summed E-state index contributed by atoms with van der Waals surface area (Å²) in [7, 11) is -2.95. The average Bonchev–Trinajstić information content (AvgIpc) is 2.50. The number of anilines is 2. The first-order chi connectivity index (χ1) is 9.00. The molecule has 1 saturated heterocycles. The predicted molar refractivity (Wildman–Crippen MR) is 74.5 cm³/mol. The molecule has 1 N–H and O–H groups in total. The van der Waals surface area contributed by atoms with Crippen LogP contribution in [0.25, 0.3) is 0 Å². The Hall–Kier alpha value is -1.15. The van der Waals surface area contributed by atoms with Crippen LogP contribution in [0.1, 0.15) is 13.3 Å². The quantitative estimate of drug-likeness (QED) is 0.874. The normalized spacial score (nSPS) is 18.9. The van der Waals surface area contributed by atoms with Crippen molar-refractivity contribution in [1.29, 1.82) is 0 Å². The molecule has 0 spiro atoms. The number of rotatable bonds is 3. The number of halogens is 1. The van der Waals surface area contributed by atoms with Crippen LogP contribution < -0.4 is 10.2 Å². The van der Waals surface area contributed by atoms with Crippen molar-refractivity contribution in [3.05, 3.63) is 5.28 Å². The number of nitrogens with zero attached hydrogens (tertiary/aromatic N) is 4. The minimum atomic E-state index is -2.95. The molecule has 1 aliphatic heterocycles. The predicted octanol–water partition coefficient (Wildman–Crippen LogP) is 0.582. The molecule has 0 aromatic carbocycles. The number of sulfone groups is 1. The molecular formula is C10H16ClN5O2S. The molecule has 0 amide bonds. The molecule has 1 fully saturated rings. The molecule has 7 nitrogen and oxygen atoms in total. The lowest BCUT2D eigenvalue weighted by molar-refractivity contribution is 0.597. The molecule has 9 heteroatoms. The van der Waals surface area contributed by atoms with E-state index in [1.807, 2.05) is 11.8 Å². The Labute approximate surface area is 117 Å². The van der Waals surface area contributed by atoms with Gasteiger partial charge in [-0.2, -0.15) is 15.0 Å². The van der Waals surface area contributed by atoms with Crippen molar-refractivity contribution in [2.24, 2.45) is 0 Å². The monoisotopic (exact) mass is 305 g/mol. The molecule has 19 heavy (non-hydrogen) atoms. The molecule has 0 atom stereocenters. The van der Waals surface area contributed by atoms with Crippen LogP contribution in [0, 0.1) is 0 Å². The zero-order valence-corrected chi connectivity index (χ0v) is 12.2. The maximum atomic E-state index is 11.6. The summed E-state index contributed by atoms with van der Waals surface area (Å²) in [5.41, 5.74) is 0. The highest BCUT2D eigenvalue weighted by Crippen LogP contribution is 2.16. The first kappa shape index (κ1) is 14.3. The zero-order valence-electron chi connectivity index (χ0n) is 10.6. The fourth-order valence-electron chi connectivity index (χ4n) is 1.86. The molecular weight excluding hydrogens is 290 g/mol. The van der Waals surface area contributed by atoms with Gasteiger partial charge in [-0.25, -0.2) is 8.42 Å². The van der Waals surface area contributed by atoms with E-state index < -0.39 is 9.84 Å². The van der Waals surface area contributed by atoms with E-state index in [0.29, 0.717) is 38.0 Å². The fraction of sp³-hybridized carbons (Fsp3) is 0.700. The maximum absolute atomic E-state index is 11.6. The van der Waals surface area contributed by atoms with Gasteiger partial charge in [-0.1, -0.05) is 0 Å². The number of hydrogen-bond donors (Lipinski definition) is 1. The average molecular weight is 306 g/mol. The lowest BCUT2D eigenvalue weighted by atomic mass is 10.4. The largest absolute Gasteiger partial charge is 0.354 e. The van der Waals surface area contributed by atoms with Gasteiger partial charge in [0.25, 0.3) is 0 Å². The third kappa shape index (κ3) is 3.90. The zero-order chi connectivity index (χ0) is 13.9. The van der Waals surface area contributed by atoms with Crippen molar-refractivity contribution in [3.63, 3.8) is 0 Å². The minimum absolute atomic E-state index is 0.105. The summed E-state index contributed by atoms with van der Waals surface area (Å²) in [6.45, 7) is 3.59. The Kier molecular flexibility index (Phi) is 4.41. The van der Waals surface area contributed by atoms with Gasteiger partial charge in [0, 0.05) is 19.6 Å². The second-order valence-electron chi connectivity index (χ2n) is 4.25. The Bertz CT molecular complexity index is 551. The Morgan fingerprint density at radius 3 is 2.79 bits per heavy atom. The topological polar surface area (TPSA) is 88.1 Å². The van der Waals surface area contributed by atoms with E-state index in [-0.39, 0.29) is 16.8 Å². The summed E-state index contributed by atoms with van der Waals surface area (Å²) in [5, 5.41) is 3.07. The van der Waals surface area contributed by atoms with Gasteiger partial charge in [-0.05, 0) is 24.9 Å². The van der Waals surface area contributed by atoms with E-state index in [1.54, 1.807) is 0 Å². The van der Waals surface area contributed by atoms with Crippen LogP contribution in [0.2, 0.25) is 5.28 Å². The highest BCUT2D eigenvalue weighted by molar-refractivity contribution is 7.91. The summed E-state index contributed by atoms with van der Waals surface area (Å²) in [6.07, 6.45) is 0.572. The van der Waals surface area contributed by atoms with Crippen molar-refractivity contribution >= 4 is 33.3 Å². The summed E-state index contributed by atoms with van der Waals surface area (Å²) in [6, 6.07) is 0. The SMILES string of the molecule is CCNc1nc(Cl)nc(N2CCCS(=O)(=O)CC2)n1. The number of nitrogens with one attached hydrogen (secondary N) is 1. The lowest BCUT2D eigenvalue weighted by Crippen LogP contribution is -2.29. The first-order valence-electron chi connectivity index (χ1n) is 6.11. The van der Waals surface area contributed by atoms with Crippen LogP contribution in [-0.2, 0) is 9.84 Å². The van der Waals surface area contributed by atoms with Crippen LogP contribution in [0.4, 0.5) is 11.9 Å². The molecule has 2 heterocycles. The summed E-state index contributed by atoms with van der Waals surface area (Å²) >= 11 is 5.85. The van der Waals surface area contributed by atoms with Crippen LogP contribution in [0.15, 0.2) is 0 Å². The van der Waals surface area contributed by atoms with Crippen LogP contribution >= 0.6 is 11.6 Å². The molecule has 1 aliphatic rings. The molecule has 0 unspecified atom stereocenters. The Morgan fingerprint density at radius 2 is 2.05 bits per heavy atom. The molecule has 0 aliphatic carbocycles. The second kappa shape index (κ2) is 5.87. The van der Waals surface area contributed by atoms with Gasteiger partial charge >= 0.3 is 0 Å². The molecule has 1 aromatic rings. The Balaban J connectivity index is 2.21. The molecule has 106 valence electrons. The van der Waals surface area contributed by atoms with Gasteiger partial charge in [0.05, 0.1) is 11.5 Å². The van der Waals surface area contributed by atoms with Gasteiger partial charge in [-0.3, -0.25) is 0 Å². The van der Waals surface area contributed by atoms with Gasteiger partial charge in [0.1, 0.15) is 0 Å². The molecule has 0 saturated carbocycles. The lowest BCUT2D eigenvalue weighted by Gasteiger charge is -2.19. The van der Waals surface area contributed by atoms with Crippen molar-refractivity contribution < 1.29 is 8.42 Å². The van der Waals surface area contributed by atoms with Crippen LogP contribution in [0.3, 0.4) is 0 Å². The maximum Gasteiger partial charge on any atom is 0.231 e. The highest BCUT2D eigenvalue weighted by Gasteiger charge is 2.21. The van der Waals surface area contributed by atoms with Crippen LogP contribution in [-0.4, -0.2) is 54.5 Å². The van der Waals surface area contributed by atoms with E-state index in [0.717, 1.165) is 0 Å². The van der Waals surface area contributed by atoms with Crippen molar-refractivity contribution in [2.75, 3.05) is 41.4 Å².